The predicted molar refractivity (Wildman–Crippen MR) is 65.2 cm³/mol. The summed E-state index contributed by atoms with van der Waals surface area (Å²) in [6, 6.07) is 0. The zero-order chi connectivity index (χ0) is 13.2. The maximum atomic E-state index is 11.1. The number of nitrogens with zero attached hydrogens (tertiary/aromatic N) is 1. The second-order valence-electron chi connectivity index (χ2n) is 5.65. The molecule has 2 fully saturated rings. The van der Waals surface area contributed by atoms with Gasteiger partial charge in [-0.1, -0.05) is 0 Å². The van der Waals surface area contributed by atoms with Crippen LogP contribution in [0.3, 0.4) is 0 Å². The number of hydrogen-bond acceptors (Lipinski definition) is 4. The van der Waals surface area contributed by atoms with Gasteiger partial charge in [-0.25, -0.2) is 0 Å². The summed E-state index contributed by atoms with van der Waals surface area (Å²) in [6.07, 6.45) is 3.36. The first-order chi connectivity index (χ1) is 8.48. The fraction of sp³-hybridized carbons (Fsp3) is 0.846. The summed E-state index contributed by atoms with van der Waals surface area (Å²) in [4.78, 5) is 24.1. The van der Waals surface area contributed by atoms with Crippen molar-refractivity contribution >= 4 is 11.8 Å². The Hall–Kier alpha value is -0.940. The van der Waals surface area contributed by atoms with Crippen molar-refractivity contribution in [1.29, 1.82) is 0 Å². The molecule has 1 aliphatic carbocycles. The molecule has 2 rings (SSSR count). The molecular formula is C13H21NO4. The molecule has 1 saturated heterocycles. The Kier molecular flexibility index (Phi) is 4.02. The Bertz CT molecular complexity index is 324. The van der Waals surface area contributed by atoms with Crippen LogP contribution < -0.4 is 0 Å². The highest BCUT2D eigenvalue weighted by molar-refractivity contribution is 5.79. The fourth-order valence-corrected chi connectivity index (χ4v) is 2.94. The lowest BCUT2D eigenvalue weighted by atomic mass is 9.78. The zero-order valence-electron chi connectivity index (χ0n) is 10.6. The second kappa shape index (κ2) is 5.36. The van der Waals surface area contributed by atoms with E-state index in [2.05, 4.69) is 4.90 Å². The van der Waals surface area contributed by atoms with Crippen molar-refractivity contribution < 1.29 is 19.8 Å². The number of likely N-dealkylation sites (tertiary alicyclic amines) is 1. The van der Waals surface area contributed by atoms with Crippen LogP contribution in [-0.2, 0) is 9.59 Å². The molecule has 5 nitrogen and oxygen atoms in total. The molecule has 0 spiro atoms. The van der Waals surface area contributed by atoms with Crippen molar-refractivity contribution in [3.8, 4) is 0 Å². The Balaban J connectivity index is 1.82. The number of hydrogen-bond donors (Lipinski definition) is 2. The van der Waals surface area contributed by atoms with Crippen LogP contribution in [0.15, 0.2) is 0 Å². The summed E-state index contributed by atoms with van der Waals surface area (Å²) in [5.41, 5.74) is -0.758. The lowest BCUT2D eigenvalue weighted by Crippen LogP contribution is -2.48. The molecule has 1 saturated carbocycles. The predicted octanol–water partition coefficient (Wildman–Crippen LogP) is 0.657. The molecule has 0 atom stereocenters. The van der Waals surface area contributed by atoms with Gasteiger partial charge in [0.15, 0.2) is 0 Å². The van der Waals surface area contributed by atoms with Crippen molar-refractivity contribution in [2.75, 3.05) is 19.6 Å². The van der Waals surface area contributed by atoms with Gasteiger partial charge in [0.1, 0.15) is 5.78 Å². The Labute approximate surface area is 107 Å². The number of rotatable bonds is 3. The number of ketones is 1. The maximum Gasteiger partial charge on any atom is 0.306 e. The van der Waals surface area contributed by atoms with Gasteiger partial charge in [0.2, 0.25) is 0 Å². The Morgan fingerprint density at radius 1 is 1.28 bits per heavy atom. The highest BCUT2D eigenvalue weighted by atomic mass is 16.4. The topological polar surface area (TPSA) is 77.8 Å². The van der Waals surface area contributed by atoms with E-state index in [4.69, 9.17) is 5.11 Å². The summed E-state index contributed by atoms with van der Waals surface area (Å²) in [5.74, 6) is -0.748. The van der Waals surface area contributed by atoms with Crippen LogP contribution in [0.1, 0.15) is 38.5 Å². The molecule has 2 N–H and O–H groups in total. The number of carbonyl (C=O) groups excluding carboxylic acids is 1. The second-order valence-corrected chi connectivity index (χ2v) is 5.65. The average molecular weight is 255 g/mol. The maximum absolute atomic E-state index is 11.1. The Morgan fingerprint density at radius 2 is 1.83 bits per heavy atom. The van der Waals surface area contributed by atoms with Gasteiger partial charge in [0, 0.05) is 32.5 Å². The molecule has 0 unspecified atom stereocenters. The lowest BCUT2D eigenvalue weighted by molar-refractivity contribution is -0.145. The van der Waals surface area contributed by atoms with E-state index >= 15 is 0 Å². The molecule has 0 aromatic heterocycles. The van der Waals surface area contributed by atoms with Crippen LogP contribution in [0.25, 0.3) is 0 Å². The number of aliphatic hydroxyl groups is 1. The average Bonchev–Trinajstić information content (AvgIpc) is 2.32. The van der Waals surface area contributed by atoms with Crippen molar-refractivity contribution in [3.05, 3.63) is 0 Å². The van der Waals surface area contributed by atoms with Gasteiger partial charge in [0.05, 0.1) is 11.5 Å². The van der Waals surface area contributed by atoms with Crippen LogP contribution in [0.5, 0.6) is 0 Å². The Morgan fingerprint density at radius 3 is 2.33 bits per heavy atom. The number of carbonyl (C=O) groups is 2. The summed E-state index contributed by atoms with van der Waals surface area (Å²) in [5, 5.41) is 19.4. The van der Waals surface area contributed by atoms with E-state index in [1.807, 2.05) is 0 Å². The van der Waals surface area contributed by atoms with Gasteiger partial charge in [-0.15, -0.1) is 0 Å². The van der Waals surface area contributed by atoms with Crippen molar-refractivity contribution in [1.82, 2.24) is 4.90 Å². The third kappa shape index (κ3) is 3.29. The van der Waals surface area contributed by atoms with E-state index in [9.17, 15) is 14.7 Å². The minimum absolute atomic E-state index is 0.298. The summed E-state index contributed by atoms with van der Waals surface area (Å²) in [7, 11) is 0. The summed E-state index contributed by atoms with van der Waals surface area (Å²) < 4.78 is 0. The van der Waals surface area contributed by atoms with E-state index in [1.165, 1.54) is 0 Å². The van der Waals surface area contributed by atoms with Gasteiger partial charge in [-0.2, -0.15) is 0 Å². The van der Waals surface area contributed by atoms with E-state index in [0.29, 0.717) is 50.9 Å². The van der Waals surface area contributed by atoms with Crippen LogP contribution in [-0.4, -0.2) is 52.1 Å². The monoisotopic (exact) mass is 255 g/mol. The summed E-state index contributed by atoms with van der Waals surface area (Å²) in [6.45, 7) is 2.03. The largest absolute Gasteiger partial charge is 0.481 e. The van der Waals surface area contributed by atoms with Crippen molar-refractivity contribution in [2.24, 2.45) is 5.92 Å². The quantitative estimate of drug-likeness (QED) is 0.774. The van der Waals surface area contributed by atoms with Gasteiger partial charge in [0.25, 0.3) is 0 Å². The molecule has 1 heterocycles. The number of aliphatic carboxylic acids is 1. The molecule has 2 aliphatic rings. The van der Waals surface area contributed by atoms with Crippen LogP contribution >= 0.6 is 0 Å². The van der Waals surface area contributed by atoms with Crippen LogP contribution in [0, 0.1) is 5.92 Å². The molecule has 102 valence electrons. The van der Waals surface area contributed by atoms with E-state index < -0.39 is 11.6 Å². The fourth-order valence-electron chi connectivity index (χ4n) is 2.94. The SMILES string of the molecule is O=C1CCN(CC2(O)CCC(C(=O)O)CC2)CC1. The zero-order valence-corrected chi connectivity index (χ0v) is 10.6. The van der Waals surface area contributed by atoms with Gasteiger partial charge in [-0.05, 0) is 25.7 Å². The van der Waals surface area contributed by atoms with Gasteiger partial charge in [-0.3, -0.25) is 14.5 Å². The number of β-amino-alcohol motifs (C(OH)–C–C–N with tert-alkyl or cyclic N) is 1. The molecule has 5 heteroatoms. The van der Waals surface area contributed by atoms with E-state index in [1.54, 1.807) is 0 Å². The number of carboxylic acids is 1. The van der Waals surface area contributed by atoms with E-state index in [0.717, 1.165) is 13.1 Å². The number of piperidine rings is 1. The third-order valence-corrected chi connectivity index (χ3v) is 4.20. The molecule has 0 bridgehead atoms. The van der Waals surface area contributed by atoms with Crippen LogP contribution in [0.4, 0.5) is 0 Å². The molecule has 1 aliphatic heterocycles. The minimum atomic E-state index is -0.758. The first-order valence-electron chi connectivity index (χ1n) is 6.68. The van der Waals surface area contributed by atoms with Crippen LogP contribution in [0.2, 0.25) is 0 Å². The number of carboxylic acid groups (broad SMARTS) is 1. The molecule has 18 heavy (non-hydrogen) atoms. The standard InChI is InChI=1S/C13H21NO4/c15-11-3-7-14(8-4-11)9-13(18)5-1-10(2-6-13)12(16)17/h10,18H,1-9H2,(H,16,17). The minimum Gasteiger partial charge on any atom is -0.481 e. The van der Waals surface area contributed by atoms with Crippen molar-refractivity contribution in [2.45, 2.75) is 44.1 Å². The molecule has 0 aromatic rings. The van der Waals surface area contributed by atoms with Crippen molar-refractivity contribution in [3.63, 3.8) is 0 Å². The van der Waals surface area contributed by atoms with Gasteiger partial charge >= 0.3 is 5.97 Å². The highest BCUT2D eigenvalue weighted by Crippen LogP contribution is 2.33. The summed E-state index contributed by atoms with van der Waals surface area (Å²) >= 11 is 0. The molecule has 0 radical (unpaired) electrons. The smallest absolute Gasteiger partial charge is 0.306 e. The highest BCUT2D eigenvalue weighted by Gasteiger charge is 2.37. The third-order valence-electron chi connectivity index (χ3n) is 4.20. The molecule has 0 amide bonds. The molecular weight excluding hydrogens is 234 g/mol. The number of Topliss-reactive ketones (excluding diaryl/α,β-unsaturated/α-hetero) is 1. The first-order valence-corrected chi connectivity index (χ1v) is 6.68. The molecule has 0 aromatic carbocycles. The van der Waals surface area contributed by atoms with E-state index in [-0.39, 0.29) is 5.92 Å². The first kappa shape index (κ1) is 13.5. The van der Waals surface area contributed by atoms with Gasteiger partial charge < -0.3 is 10.2 Å². The normalized spacial score (nSPS) is 34.5. The lowest BCUT2D eigenvalue weighted by Gasteiger charge is -2.39.